The smallest absolute Gasteiger partial charge is 0.224 e. The molecule has 0 fully saturated rings. The molecule has 2 rings (SSSR count). The molecule has 0 saturated heterocycles. The van der Waals surface area contributed by atoms with Gasteiger partial charge in [0.25, 0.3) is 0 Å². The molecule has 2 aromatic rings. The molecule has 20 heavy (non-hydrogen) atoms. The molecule has 106 valence electrons. The molecule has 0 amide bonds. The zero-order valence-corrected chi connectivity index (χ0v) is 12.0. The van der Waals surface area contributed by atoms with Crippen LogP contribution in [0.1, 0.15) is 26.6 Å². The fourth-order valence-electron chi connectivity index (χ4n) is 1.45. The molecule has 1 aromatic carbocycles. The summed E-state index contributed by atoms with van der Waals surface area (Å²) in [6, 6.07) is 4.66. The zero-order chi connectivity index (χ0) is 14.9. The molecule has 0 bridgehead atoms. The largest absolute Gasteiger partial charge is 0.439 e. The Morgan fingerprint density at radius 1 is 1.05 bits per heavy atom. The topological polar surface area (TPSA) is 35.0 Å². The number of hydrogen-bond donors (Lipinski definition) is 0. The van der Waals surface area contributed by atoms with E-state index in [2.05, 4.69) is 9.97 Å². The molecule has 0 spiro atoms. The van der Waals surface area contributed by atoms with Crippen LogP contribution in [-0.2, 0) is 5.41 Å². The lowest BCUT2D eigenvalue weighted by atomic mass is 9.96. The number of halogens is 3. The molecule has 6 heteroatoms. The molecule has 0 unspecified atom stereocenters. The summed E-state index contributed by atoms with van der Waals surface area (Å²) in [7, 11) is 0. The van der Waals surface area contributed by atoms with E-state index < -0.39 is 11.6 Å². The highest BCUT2D eigenvalue weighted by Crippen LogP contribution is 2.27. The van der Waals surface area contributed by atoms with Crippen molar-refractivity contribution in [1.82, 2.24) is 9.97 Å². The average Bonchev–Trinajstić information content (AvgIpc) is 2.32. The summed E-state index contributed by atoms with van der Waals surface area (Å²) in [5.41, 5.74) is -0.308. The summed E-state index contributed by atoms with van der Waals surface area (Å²) in [4.78, 5) is 8.34. The van der Waals surface area contributed by atoms with E-state index in [0.717, 1.165) is 12.1 Å². The molecular formula is C14H13ClF2N2O. The van der Waals surface area contributed by atoms with Gasteiger partial charge in [-0.1, -0.05) is 32.4 Å². The van der Waals surface area contributed by atoms with E-state index >= 15 is 0 Å². The molecule has 0 radical (unpaired) electrons. The third kappa shape index (κ3) is 3.42. The van der Waals surface area contributed by atoms with Gasteiger partial charge in [-0.3, -0.25) is 0 Å². The first-order valence-corrected chi connectivity index (χ1v) is 6.31. The van der Waals surface area contributed by atoms with Crippen LogP contribution in [0.5, 0.6) is 11.6 Å². The van der Waals surface area contributed by atoms with Crippen molar-refractivity contribution in [3.63, 3.8) is 0 Å². The number of aromatic nitrogens is 2. The van der Waals surface area contributed by atoms with Crippen LogP contribution in [0.25, 0.3) is 0 Å². The molecule has 3 nitrogen and oxygen atoms in total. The average molecular weight is 299 g/mol. The maximum Gasteiger partial charge on any atom is 0.224 e. The van der Waals surface area contributed by atoms with Gasteiger partial charge in [0.2, 0.25) is 5.88 Å². The molecule has 0 atom stereocenters. The summed E-state index contributed by atoms with van der Waals surface area (Å²) in [5.74, 6) is -1.10. The highest BCUT2D eigenvalue weighted by atomic mass is 35.5. The second-order valence-electron chi connectivity index (χ2n) is 5.28. The van der Waals surface area contributed by atoms with Gasteiger partial charge in [-0.05, 0) is 12.1 Å². The van der Waals surface area contributed by atoms with Gasteiger partial charge in [-0.15, -0.1) is 0 Å². The Morgan fingerprint density at radius 2 is 1.75 bits per heavy atom. The molecular weight excluding hydrogens is 286 g/mol. The van der Waals surface area contributed by atoms with E-state index in [-0.39, 0.29) is 22.2 Å². The quantitative estimate of drug-likeness (QED) is 0.766. The van der Waals surface area contributed by atoms with Gasteiger partial charge in [-0.25, -0.2) is 13.8 Å². The second kappa shape index (κ2) is 5.32. The van der Waals surface area contributed by atoms with Gasteiger partial charge in [0, 0.05) is 17.5 Å². The lowest BCUT2D eigenvalue weighted by Gasteiger charge is -2.17. The van der Waals surface area contributed by atoms with Crippen molar-refractivity contribution in [3.05, 3.63) is 46.9 Å². The van der Waals surface area contributed by atoms with E-state index in [1.807, 2.05) is 20.8 Å². The highest BCUT2D eigenvalue weighted by molar-refractivity contribution is 6.29. The van der Waals surface area contributed by atoms with E-state index in [1.54, 1.807) is 0 Å². The zero-order valence-electron chi connectivity index (χ0n) is 11.2. The lowest BCUT2D eigenvalue weighted by molar-refractivity contribution is 0.435. The van der Waals surface area contributed by atoms with Crippen LogP contribution in [0.15, 0.2) is 24.3 Å². The Balaban J connectivity index is 2.33. The van der Waals surface area contributed by atoms with E-state index in [1.165, 1.54) is 12.1 Å². The summed E-state index contributed by atoms with van der Waals surface area (Å²) in [5, 5.41) is 0.225. The normalized spacial score (nSPS) is 11.5. The summed E-state index contributed by atoms with van der Waals surface area (Å²) >= 11 is 5.91. The predicted octanol–water partition coefficient (Wildman–Crippen LogP) is 4.50. The van der Waals surface area contributed by atoms with Gasteiger partial charge < -0.3 is 4.74 Å². The molecule has 0 aliphatic heterocycles. The summed E-state index contributed by atoms with van der Waals surface area (Å²) in [6.45, 7) is 5.79. The van der Waals surface area contributed by atoms with Crippen LogP contribution in [0.4, 0.5) is 8.78 Å². The minimum atomic E-state index is -0.987. The SMILES string of the molecule is CC(C)(C)c1nc(Cl)cc(Oc2ccc(F)c(F)c2)n1. The summed E-state index contributed by atoms with van der Waals surface area (Å²) in [6.07, 6.45) is 0. The Hall–Kier alpha value is -1.75. The number of benzene rings is 1. The fourth-order valence-corrected chi connectivity index (χ4v) is 1.62. The molecule has 0 aliphatic carbocycles. The molecule has 0 N–H and O–H groups in total. The van der Waals surface area contributed by atoms with Crippen LogP contribution in [-0.4, -0.2) is 9.97 Å². The third-order valence-corrected chi connectivity index (χ3v) is 2.65. The molecule has 1 heterocycles. The number of hydrogen-bond acceptors (Lipinski definition) is 3. The first kappa shape index (κ1) is 14.7. The molecule has 1 aromatic heterocycles. The van der Waals surface area contributed by atoms with Crippen molar-refractivity contribution in [2.75, 3.05) is 0 Å². The Morgan fingerprint density at radius 3 is 2.35 bits per heavy atom. The maximum atomic E-state index is 13.1. The monoisotopic (exact) mass is 298 g/mol. The third-order valence-electron chi connectivity index (χ3n) is 2.46. The van der Waals surface area contributed by atoms with Gasteiger partial charge in [0.15, 0.2) is 11.6 Å². The van der Waals surface area contributed by atoms with Crippen molar-refractivity contribution in [3.8, 4) is 11.6 Å². The maximum absolute atomic E-state index is 13.1. The predicted molar refractivity (Wildman–Crippen MR) is 72.2 cm³/mol. The van der Waals surface area contributed by atoms with Gasteiger partial charge in [0.05, 0.1) is 0 Å². The Kier molecular flexibility index (Phi) is 3.90. The minimum absolute atomic E-state index is 0.138. The number of nitrogens with zero attached hydrogens (tertiary/aromatic N) is 2. The highest BCUT2D eigenvalue weighted by Gasteiger charge is 2.19. The van der Waals surface area contributed by atoms with Gasteiger partial charge >= 0.3 is 0 Å². The van der Waals surface area contributed by atoms with Crippen LogP contribution in [0, 0.1) is 11.6 Å². The van der Waals surface area contributed by atoms with Crippen LogP contribution in [0.3, 0.4) is 0 Å². The second-order valence-corrected chi connectivity index (χ2v) is 5.67. The van der Waals surface area contributed by atoms with Crippen LogP contribution in [0.2, 0.25) is 5.15 Å². The van der Waals surface area contributed by atoms with Crippen molar-refractivity contribution in [2.24, 2.45) is 0 Å². The Bertz CT molecular complexity index is 642. The van der Waals surface area contributed by atoms with E-state index in [4.69, 9.17) is 16.3 Å². The van der Waals surface area contributed by atoms with Crippen LogP contribution < -0.4 is 4.74 Å². The number of rotatable bonds is 2. The molecule has 0 saturated carbocycles. The minimum Gasteiger partial charge on any atom is -0.439 e. The summed E-state index contributed by atoms with van der Waals surface area (Å²) < 4.78 is 31.3. The van der Waals surface area contributed by atoms with Crippen LogP contribution >= 0.6 is 11.6 Å². The van der Waals surface area contributed by atoms with Crippen molar-refractivity contribution >= 4 is 11.6 Å². The molecule has 0 aliphatic rings. The lowest BCUT2D eigenvalue weighted by Crippen LogP contribution is -2.16. The first-order valence-electron chi connectivity index (χ1n) is 5.94. The fraction of sp³-hybridized carbons (Fsp3) is 0.286. The first-order chi connectivity index (χ1) is 9.25. The number of ether oxygens (including phenoxy) is 1. The van der Waals surface area contributed by atoms with Crippen molar-refractivity contribution in [2.45, 2.75) is 26.2 Å². The van der Waals surface area contributed by atoms with Gasteiger partial charge in [0.1, 0.15) is 16.7 Å². The van der Waals surface area contributed by atoms with E-state index in [9.17, 15) is 8.78 Å². The van der Waals surface area contributed by atoms with E-state index in [0.29, 0.717) is 5.82 Å². The Labute approximate surface area is 120 Å². The van der Waals surface area contributed by atoms with Crippen molar-refractivity contribution in [1.29, 1.82) is 0 Å². The van der Waals surface area contributed by atoms with Crippen molar-refractivity contribution < 1.29 is 13.5 Å². The van der Waals surface area contributed by atoms with Gasteiger partial charge in [-0.2, -0.15) is 4.98 Å². The standard InChI is InChI=1S/C14H13ClF2N2O/c1-14(2,3)13-18-11(15)7-12(19-13)20-8-4-5-9(16)10(17)6-8/h4-7H,1-3H3.